The van der Waals surface area contributed by atoms with Gasteiger partial charge in [-0.05, 0) is 13.3 Å². The molecule has 0 bridgehead atoms. The molecule has 21 heavy (non-hydrogen) atoms. The van der Waals surface area contributed by atoms with Crippen LogP contribution in [0.4, 0.5) is 5.82 Å². The molecule has 0 aliphatic heterocycles. The second kappa shape index (κ2) is 8.15. The van der Waals surface area contributed by atoms with Crippen molar-refractivity contribution in [3.05, 3.63) is 17.6 Å². The lowest BCUT2D eigenvalue weighted by Crippen LogP contribution is -2.39. The monoisotopic (exact) mass is 294 g/mol. The summed E-state index contributed by atoms with van der Waals surface area (Å²) in [5, 5.41) is 3.18. The lowest BCUT2D eigenvalue weighted by atomic mass is 10.3. The highest BCUT2D eigenvalue weighted by atomic mass is 16.2. The minimum absolute atomic E-state index is 0.0715. The average molecular weight is 294 g/mol. The molecule has 0 saturated heterocycles. The zero-order chi connectivity index (χ0) is 15.8. The predicted molar refractivity (Wildman–Crippen MR) is 79.2 cm³/mol. The van der Waals surface area contributed by atoms with Gasteiger partial charge < -0.3 is 16.8 Å². The molecule has 0 radical (unpaired) electrons. The molecule has 8 nitrogen and oxygen atoms in total. The molecule has 8 heteroatoms. The maximum absolute atomic E-state index is 11.0. The molecule has 1 aromatic heterocycles. The van der Waals surface area contributed by atoms with E-state index in [1.54, 1.807) is 0 Å². The number of hydrogen-bond donors (Lipinski definition) is 3. The summed E-state index contributed by atoms with van der Waals surface area (Å²) in [6.07, 6.45) is 0.980. The SMILES string of the molecule is CCCNc1cc(C)nc(CN(CC(N)=O)CC(N)=O)n1. The smallest absolute Gasteiger partial charge is 0.231 e. The number of carbonyl (C=O) groups excluding carboxylic acids is 2. The number of aromatic nitrogens is 2. The topological polar surface area (TPSA) is 127 Å². The van der Waals surface area contributed by atoms with Gasteiger partial charge in [0, 0.05) is 18.3 Å². The van der Waals surface area contributed by atoms with Crippen LogP contribution in [0.15, 0.2) is 6.07 Å². The molecule has 0 aliphatic carbocycles. The van der Waals surface area contributed by atoms with E-state index in [9.17, 15) is 9.59 Å². The first kappa shape index (κ1) is 16.8. The molecule has 0 spiro atoms. The van der Waals surface area contributed by atoms with E-state index in [0.29, 0.717) is 5.82 Å². The average Bonchev–Trinajstić information content (AvgIpc) is 2.33. The lowest BCUT2D eigenvalue weighted by Gasteiger charge is -2.18. The van der Waals surface area contributed by atoms with Crippen molar-refractivity contribution >= 4 is 17.6 Å². The number of nitrogens with two attached hydrogens (primary N) is 2. The number of rotatable bonds is 9. The van der Waals surface area contributed by atoms with E-state index < -0.39 is 11.8 Å². The molecule has 0 aliphatic rings. The number of carbonyl (C=O) groups is 2. The maximum Gasteiger partial charge on any atom is 0.231 e. The van der Waals surface area contributed by atoms with Crippen LogP contribution in [0.25, 0.3) is 0 Å². The Morgan fingerprint density at radius 3 is 2.38 bits per heavy atom. The van der Waals surface area contributed by atoms with E-state index in [4.69, 9.17) is 11.5 Å². The Hall–Kier alpha value is -2.22. The number of hydrogen-bond acceptors (Lipinski definition) is 6. The molecule has 0 saturated carbocycles. The van der Waals surface area contributed by atoms with Gasteiger partial charge in [0.15, 0.2) is 0 Å². The number of nitrogens with zero attached hydrogens (tertiary/aromatic N) is 3. The highest BCUT2D eigenvalue weighted by Crippen LogP contribution is 2.08. The van der Waals surface area contributed by atoms with Crippen LogP contribution >= 0.6 is 0 Å². The molecule has 0 unspecified atom stereocenters. The van der Waals surface area contributed by atoms with Crippen LogP contribution in [-0.2, 0) is 16.1 Å². The molecule has 1 rings (SSSR count). The predicted octanol–water partition coefficient (Wildman–Crippen LogP) is -0.620. The Morgan fingerprint density at radius 1 is 1.24 bits per heavy atom. The molecule has 116 valence electrons. The molecule has 5 N–H and O–H groups in total. The molecular formula is C13H22N6O2. The summed E-state index contributed by atoms with van der Waals surface area (Å²) >= 11 is 0. The summed E-state index contributed by atoms with van der Waals surface area (Å²) in [6, 6.07) is 1.84. The van der Waals surface area contributed by atoms with Crippen LogP contribution in [-0.4, -0.2) is 46.3 Å². The van der Waals surface area contributed by atoms with Gasteiger partial charge in [-0.1, -0.05) is 6.92 Å². The van der Waals surface area contributed by atoms with E-state index in [2.05, 4.69) is 22.2 Å². The molecule has 0 atom stereocenters. The lowest BCUT2D eigenvalue weighted by molar-refractivity contribution is -0.122. The fraction of sp³-hybridized carbons (Fsp3) is 0.538. The molecule has 2 amide bonds. The Balaban J connectivity index is 2.83. The molecular weight excluding hydrogens is 272 g/mol. The number of nitrogens with one attached hydrogen (secondary N) is 1. The van der Waals surface area contributed by atoms with Crippen molar-refractivity contribution in [3.8, 4) is 0 Å². The first-order valence-corrected chi connectivity index (χ1v) is 6.78. The van der Waals surface area contributed by atoms with Gasteiger partial charge in [0.2, 0.25) is 11.8 Å². The first-order valence-electron chi connectivity index (χ1n) is 6.78. The number of aryl methyl sites for hydroxylation is 1. The Morgan fingerprint density at radius 2 is 1.86 bits per heavy atom. The minimum Gasteiger partial charge on any atom is -0.370 e. The third kappa shape index (κ3) is 6.66. The zero-order valence-electron chi connectivity index (χ0n) is 12.4. The third-order valence-corrected chi connectivity index (χ3v) is 2.58. The van der Waals surface area contributed by atoms with Gasteiger partial charge in [-0.2, -0.15) is 0 Å². The third-order valence-electron chi connectivity index (χ3n) is 2.58. The van der Waals surface area contributed by atoms with Crippen molar-refractivity contribution in [1.29, 1.82) is 0 Å². The van der Waals surface area contributed by atoms with Gasteiger partial charge in [0.1, 0.15) is 11.6 Å². The van der Waals surface area contributed by atoms with Crippen molar-refractivity contribution in [2.24, 2.45) is 11.5 Å². The van der Waals surface area contributed by atoms with Gasteiger partial charge >= 0.3 is 0 Å². The summed E-state index contributed by atoms with van der Waals surface area (Å²) in [7, 11) is 0. The molecule has 0 aromatic carbocycles. The fourth-order valence-corrected chi connectivity index (χ4v) is 1.85. The summed E-state index contributed by atoms with van der Waals surface area (Å²) in [4.78, 5) is 32.2. The zero-order valence-corrected chi connectivity index (χ0v) is 12.4. The van der Waals surface area contributed by atoms with E-state index >= 15 is 0 Å². The van der Waals surface area contributed by atoms with E-state index in [1.807, 2.05) is 13.0 Å². The van der Waals surface area contributed by atoms with E-state index in [0.717, 1.165) is 24.5 Å². The second-order valence-electron chi connectivity index (χ2n) is 4.82. The van der Waals surface area contributed by atoms with Crippen LogP contribution in [0.1, 0.15) is 24.9 Å². The Kier molecular flexibility index (Phi) is 6.54. The van der Waals surface area contributed by atoms with Crippen LogP contribution in [0.3, 0.4) is 0 Å². The van der Waals surface area contributed by atoms with E-state index in [-0.39, 0.29) is 19.6 Å². The molecule has 1 aromatic rings. The highest BCUT2D eigenvalue weighted by molar-refractivity contribution is 5.79. The van der Waals surface area contributed by atoms with Crippen LogP contribution < -0.4 is 16.8 Å². The molecule has 1 heterocycles. The number of primary amides is 2. The van der Waals surface area contributed by atoms with Crippen LogP contribution in [0.5, 0.6) is 0 Å². The largest absolute Gasteiger partial charge is 0.370 e. The van der Waals surface area contributed by atoms with Gasteiger partial charge in [-0.3, -0.25) is 14.5 Å². The van der Waals surface area contributed by atoms with Crippen molar-refractivity contribution < 1.29 is 9.59 Å². The summed E-state index contributed by atoms with van der Waals surface area (Å²) in [5.41, 5.74) is 11.1. The second-order valence-corrected chi connectivity index (χ2v) is 4.82. The summed E-state index contributed by atoms with van der Waals surface area (Å²) < 4.78 is 0. The summed E-state index contributed by atoms with van der Waals surface area (Å²) in [5.74, 6) is 0.162. The number of anilines is 1. The van der Waals surface area contributed by atoms with Crippen molar-refractivity contribution in [3.63, 3.8) is 0 Å². The Bertz CT molecular complexity index is 489. The normalized spacial score (nSPS) is 10.6. The van der Waals surface area contributed by atoms with Crippen molar-refractivity contribution in [1.82, 2.24) is 14.9 Å². The van der Waals surface area contributed by atoms with Gasteiger partial charge in [-0.25, -0.2) is 9.97 Å². The Labute approximate surface area is 123 Å². The minimum atomic E-state index is -0.534. The van der Waals surface area contributed by atoms with E-state index in [1.165, 1.54) is 4.90 Å². The number of amides is 2. The van der Waals surface area contributed by atoms with Crippen LogP contribution in [0.2, 0.25) is 0 Å². The van der Waals surface area contributed by atoms with Crippen LogP contribution in [0, 0.1) is 6.92 Å². The van der Waals surface area contributed by atoms with Crippen molar-refractivity contribution in [2.45, 2.75) is 26.8 Å². The first-order chi connectivity index (χ1) is 9.90. The highest BCUT2D eigenvalue weighted by Gasteiger charge is 2.14. The van der Waals surface area contributed by atoms with Crippen molar-refractivity contribution in [2.75, 3.05) is 25.0 Å². The maximum atomic E-state index is 11.0. The van der Waals surface area contributed by atoms with Gasteiger partial charge in [0.25, 0.3) is 0 Å². The fourth-order valence-electron chi connectivity index (χ4n) is 1.85. The molecule has 0 fully saturated rings. The van der Waals surface area contributed by atoms with Gasteiger partial charge in [-0.15, -0.1) is 0 Å². The standard InChI is InChI=1S/C13H22N6O2/c1-3-4-16-12-5-9(2)17-13(18-12)8-19(6-10(14)20)7-11(15)21/h5H,3-4,6-8H2,1-2H3,(H2,14,20)(H2,15,21)(H,16,17,18). The summed E-state index contributed by atoms with van der Waals surface area (Å²) in [6.45, 7) is 4.81. The van der Waals surface area contributed by atoms with Gasteiger partial charge in [0.05, 0.1) is 19.6 Å². The quantitative estimate of drug-likeness (QED) is 0.557.